The Labute approximate surface area is 119 Å². The summed E-state index contributed by atoms with van der Waals surface area (Å²) in [5.41, 5.74) is 0.405. The highest BCUT2D eigenvalue weighted by Gasteiger charge is 2.08. The van der Waals surface area contributed by atoms with E-state index in [4.69, 9.17) is 16.9 Å². The molecule has 0 aliphatic rings. The molecule has 1 amide bonds. The van der Waals surface area contributed by atoms with E-state index in [2.05, 4.69) is 10.4 Å². The van der Waals surface area contributed by atoms with Crippen molar-refractivity contribution in [3.8, 4) is 6.07 Å². The van der Waals surface area contributed by atoms with Crippen molar-refractivity contribution < 1.29 is 4.79 Å². The third-order valence-electron chi connectivity index (χ3n) is 2.57. The first-order valence-corrected chi connectivity index (χ1v) is 5.97. The lowest BCUT2D eigenvalue weighted by atomic mass is 10.2. The van der Waals surface area contributed by atoms with E-state index >= 15 is 0 Å². The summed E-state index contributed by atoms with van der Waals surface area (Å²) in [5, 5.41) is 15.3. The fraction of sp³-hybridized carbons (Fsp3) is 0.167. The zero-order chi connectivity index (χ0) is 14.7. The maximum atomic E-state index is 11.8. The Morgan fingerprint density at radius 2 is 2.30 bits per heavy atom. The lowest BCUT2D eigenvalue weighted by molar-refractivity contribution is -0.116. The van der Waals surface area contributed by atoms with Crippen LogP contribution in [0.1, 0.15) is 5.56 Å². The van der Waals surface area contributed by atoms with E-state index in [1.54, 1.807) is 6.07 Å². The summed E-state index contributed by atoms with van der Waals surface area (Å²) in [4.78, 5) is 23.3. The maximum absolute atomic E-state index is 11.8. The fourth-order valence-corrected chi connectivity index (χ4v) is 1.79. The van der Waals surface area contributed by atoms with Gasteiger partial charge < -0.3 is 5.32 Å². The normalized spacial score (nSPS) is 10.1. The molecule has 2 rings (SSSR count). The SMILES string of the molecule is Cn1ncn(CC(=O)Nc2ccc(C#N)c(Cl)c2)c1=O. The van der Waals surface area contributed by atoms with Crippen molar-refractivity contribution in [2.75, 3.05) is 5.32 Å². The molecule has 1 heterocycles. The summed E-state index contributed by atoms with van der Waals surface area (Å²) in [6.07, 6.45) is 1.29. The van der Waals surface area contributed by atoms with Crippen LogP contribution in [0.2, 0.25) is 5.02 Å². The van der Waals surface area contributed by atoms with Crippen molar-refractivity contribution in [1.29, 1.82) is 5.26 Å². The molecule has 0 aliphatic carbocycles. The van der Waals surface area contributed by atoms with E-state index in [1.807, 2.05) is 6.07 Å². The number of benzene rings is 1. The lowest BCUT2D eigenvalue weighted by Crippen LogP contribution is -2.28. The number of nitriles is 1. The standard InChI is InChI=1S/C12H10ClN5O2/c1-17-12(20)18(7-15-17)6-11(19)16-9-3-2-8(5-14)10(13)4-9/h2-4,7H,6H2,1H3,(H,16,19). The fourth-order valence-electron chi connectivity index (χ4n) is 1.57. The molecule has 8 heteroatoms. The number of carbonyl (C=O) groups excluding carboxylic acids is 1. The summed E-state index contributed by atoms with van der Waals surface area (Å²) in [7, 11) is 1.50. The Bertz CT molecular complexity index is 756. The van der Waals surface area contributed by atoms with Crippen molar-refractivity contribution in [3.63, 3.8) is 0 Å². The molecule has 0 saturated heterocycles. The molecule has 0 aliphatic heterocycles. The van der Waals surface area contributed by atoms with Gasteiger partial charge in [0.15, 0.2) is 0 Å². The molecule has 0 spiro atoms. The molecule has 0 fully saturated rings. The number of aromatic nitrogens is 3. The number of carbonyl (C=O) groups is 1. The number of aryl methyl sites for hydroxylation is 1. The Balaban J connectivity index is 2.09. The first-order chi connectivity index (χ1) is 9.51. The Morgan fingerprint density at radius 1 is 1.55 bits per heavy atom. The number of nitrogens with one attached hydrogen (secondary N) is 1. The van der Waals surface area contributed by atoms with E-state index in [0.29, 0.717) is 11.3 Å². The van der Waals surface area contributed by atoms with Crippen LogP contribution in [0.4, 0.5) is 5.69 Å². The minimum Gasteiger partial charge on any atom is -0.324 e. The molecular weight excluding hydrogens is 282 g/mol. The minimum atomic E-state index is -0.388. The monoisotopic (exact) mass is 291 g/mol. The highest BCUT2D eigenvalue weighted by atomic mass is 35.5. The molecule has 1 N–H and O–H groups in total. The van der Waals surface area contributed by atoms with Crippen LogP contribution in [-0.4, -0.2) is 20.3 Å². The molecule has 1 aromatic heterocycles. The van der Waals surface area contributed by atoms with Crippen molar-refractivity contribution in [2.24, 2.45) is 7.05 Å². The Kier molecular flexibility index (Phi) is 3.86. The van der Waals surface area contributed by atoms with E-state index in [9.17, 15) is 9.59 Å². The van der Waals surface area contributed by atoms with Gasteiger partial charge in [0.25, 0.3) is 0 Å². The van der Waals surface area contributed by atoms with Crippen LogP contribution in [0, 0.1) is 11.3 Å². The highest BCUT2D eigenvalue weighted by Crippen LogP contribution is 2.20. The molecule has 0 bridgehead atoms. The van der Waals surface area contributed by atoms with Gasteiger partial charge in [0, 0.05) is 12.7 Å². The molecule has 102 valence electrons. The van der Waals surface area contributed by atoms with Crippen LogP contribution < -0.4 is 11.0 Å². The van der Waals surface area contributed by atoms with Crippen LogP contribution in [0.15, 0.2) is 29.3 Å². The van der Waals surface area contributed by atoms with Crippen LogP contribution in [0.3, 0.4) is 0 Å². The maximum Gasteiger partial charge on any atom is 0.345 e. The average Bonchev–Trinajstić information content (AvgIpc) is 2.71. The van der Waals surface area contributed by atoms with Gasteiger partial charge in [0.1, 0.15) is 18.9 Å². The zero-order valence-electron chi connectivity index (χ0n) is 10.5. The summed E-state index contributed by atoms with van der Waals surface area (Å²) < 4.78 is 2.31. The minimum absolute atomic E-state index is 0.149. The predicted octanol–water partition coefficient (Wildman–Crippen LogP) is 0.746. The summed E-state index contributed by atoms with van der Waals surface area (Å²) in [6, 6.07) is 6.47. The second kappa shape index (κ2) is 5.59. The van der Waals surface area contributed by atoms with Crippen LogP contribution >= 0.6 is 11.6 Å². The van der Waals surface area contributed by atoms with Crippen LogP contribution in [-0.2, 0) is 18.4 Å². The predicted molar refractivity (Wildman–Crippen MR) is 72.3 cm³/mol. The van der Waals surface area contributed by atoms with E-state index in [0.717, 1.165) is 4.68 Å². The molecule has 2 aromatic rings. The second-order valence-electron chi connectivity index (χ2n) is 4.02. The summed E-state index contributed by atoms with van der Waals surface area (Å²) >= 11 is 5.86. The number of hydrogen-bond donors (Lipinski definition) is 1. The van der Waals surface area contributed by atoms with E-state index < -0.39 is 0 Å². The highest BCUT2D eigenvalue weighted by molar-refractivity contribution is 6.32. The lowest BCUT2D eigenvalue weighted by Gasteiger charge is -2.06. The van der Waals surface area contributed by atoms with Gasteiger partial charge in [-0.25, -0.2) is 9.48 Å². The van der Waals surface area contributed by atoms with Gasteiger partial charge >= 0.3 is 5.69 Å². The first kappa shape index (κ1) is 13.8. The summed E-state index contributed by atoms with van der Waals surface area (Å²) in [5.74, 6) is -0.388. The number of rotatable bonds is 3. The average molecular weight is 292 g/mol. The van der Waals surface area contributed by atoms with Crippen LogP contribution in [0.25, 0.3) is 0 Å². The van der Waals surface area contributed by atoms with Crippen molar-refractivity contribution in [3.05, 3.63) is 45.6 Å². The molecule has 0 unspecified atom stereocenters. The summed E-state index contributed by atoms with van der Waals surface area (Å²) in [6.45, 7) is -0.149. The number of amides is 1. The van der Waals surface area contributed by atoms with Crippen molar-refractivity contribution in [2.45, 2.75) is 6.54 Å². The topological polar surface area (TPSA) is 92.7 Å². The molecule has 0 atom stereocenters. The number of halogens is 1. The Hall–Kier alpha value is -2.59. The van der Waals surface area contributed by atoms with Gasteiger partial charge in [-0.1, -0.05) is 11.6 Å². The third-order valence-corrected chi connectivity index (χ3v) is 2.89. The smallest absolute Gasteiger partial charge is 0.324 e. The largest absolute Gasteiger partial charge is 0.345 e. The molecule has 0 saturated carbocycles. The molecular formula is C12H10ClN5O2. The Morgan fingerprint density at radius 3 is 2.85 bits per heavy atom. The molecule has 20 heavy (non-hydrogen) atoms. The van der Waals surface area contributed by atoms with Gasteiger partial charge in [-0.05, 0) is 18.2 Å². The number of anilines is 1. The van der Waals surface area contributed by atoms with Gasteiger partial charge in [0.2, 0.25) is 5.91 Å². The molecule has 0 radical (unpaired) electrons. The third kappa shape index (κ3) is 2.87. The van der Waals surface area contributed by atoms with Crippen LogP contribution in [0.5, 0.6) is 0 Å². The number of hydrogen-bond acceptors (Lipinski definition) is 4. The first-order valence-electron chi connectivity index (χ1n) is 5.59. The van der Waals surface area contributed by atoms with Gasteiger partial charge in [-0.2, -0.15) is 10.4 Å². The van der Waals surface area contributed by atoms with E-state index in [1.165, 1.54) is 30.1 Å². The van der Waals surface area contributed by atoms with E-state index in [-0.39, 0.29) is 23.2 Å². The number of nitrogens with zero attached hydrogens (tertiary/aromatic N) is 4. The van der Waals surface area contributed by atoms with Gasteiger partial charge in [-0.15, -0.1) is 0 Å². The van der Waals surface area contributed by atoms with Gasteiger partial charge in [0.05, 0.1) is 10.6 Å². The zero-order valence-corrected chi connectivity index (χ0v) is 11.3. The second-order valence-corrected chi connectivity index (χ2v) is 4.43. The quantitative estimate of drug-likeness (QED) is 0.903. The van der Waals surface area contributed by atoms with Gasteiger partial charge in [-0.3, -0.25) is 9.36 Å². The van der Waals surface area contributed by atoms with Crippen molar-refractivity contribution in [1.82, 2.24) is 14.3 Å². The molecule has 7 nitrogen and oxygen atoms in total. The molecule has 1 aromatic carbocycles. The van der Waals surface area contributed by atoms with Crippen molar-refractivity contribution >= 4 is 23.2 Å².